The van der Waals surface area contributed by atoms with E-state index in [0.29, 0.717) is 5.69 Å². The van der Waals surface area contributed by atoms with Crippen molar-refractivity contribution >= 4 is 0 Å². The molecule has 0 saturated heterocycles. The molecule has 0 bridgehead atoms. The van der Waals surface area contributed by atoms with Gasteiger partial charge in [-0.1, -0.05) is 6.07 Å². The fourth-order valence-electron chi connectivity index (χ4n) is 0.595. The van der Waals surface area contributed by atoms with Crippen molar-refractivity contribution < 1.29 is 0 Å². The molecule has 0 unspecified atom stereocenters. The van der Waals surface area contributed by atoms with E-state index in [1.807, 2.05) is 6.07 Å². The third-order valence-corrected chi connectivity index (χ3v) is 1.14. The van der Waals surface area contributed by atoms with Crippen molar-refractivity contribution in [1.82, 2.24) is 10.7 Å². The largest absolute Gasteiger partial charge is 0.253 e. The third kappa shape index (κ3) is 1.30. The minimum Gasteiger partial charge on any atom is -0.253 e. The van der Waals surface area contributed by atoms with Crippen molar-refractivity contribution in [2.45, 2.75) is 6.54 Å². The Morgan fingerprint density at radius 1 is 1.60 bits per heavy atom. The van der Waals surface area contributed by atoms with Crippen molar-refractivity contribution in [2.75, 3.05) is 0 Å². The molecule has 0 atom stereocenters. The molecule has 3 nitrogen and oxygen atoms in total. The van der Waals surface area contributed by atoms with E-state index in [2.05, 4.69) is 4.98 Å². The average Bonchev–Trinajstić information content (AvgIpc) is 2.05. The highest BCUT2D eigenvalue weighted by molar-refractivity contribution is 5.22. The maximum Gasteiger partial charge on any atom is 0.140 e. The van der Waals surface area contributed by atoms with Crippen LogP contribution in [0.4, 0.5) is 0 Å². The van der Waals surface area contributed by atoms with Crippen LogP contribution < -0.4 is 5.73 Å². The Balaban J connectivity index is 2.93. The first-order chi connectivity index (χ1) is 4.86. The van der Waals surface area contributed by atoms with Crippen molar-refractivity contribution in [2.24, 2.45) is 0 Å². The average molecular weight is 132 g/mol. The van der Waals surface area contributed by atoms with Gasteiger partial charge < -0.3 is 0 Å². The number of nitrogens with zero attached hydrogens (tertiary/aromatic N) is 2. The molecule has 49 valence electrons. The zero-order valence-corrected chi connectivity index (χ0v) is 5.33. The quantitative estimate of drug-likeness (QED) is 0.565. The van der Waals surface area contributed by atoms with Crippen LogP contribution in [0.25, 0.3) is 0 Å². The van der Waals surface area contributed by atoms with E-state index >= 15 is 0 Å². The zero-order chi connectivity index (χ0) is 7.40. The standard InChI is InChI=1S/C7H6N3/c8-3-6-1-2-7(4-9)10-5-6/h1-2,5,8H,3H2. The molecule has 1 aromatic rings. The van der Waals surface area contributed by atoms with Crippen molar-refractivity contribution in [3.63, 3.8) is 0 Å². The molecule has 1 rings (SSSR count). The molecule has 0 aromatic carbocycles. The van der Waals surface area contributed by atoms with Crippen LogP contribution in [0.5, 0.6) is 0 Å². The Hall–Kier alpha value is -1.40. The van der Waals surface area contributed by atoms with Gasteiger partial charge in [0.05, 0.1) is 0 Å². The van der Waals surface area contributed by atoms with Crippen molar-refractivity contribution in [1.29, 1.82) is 5.26 Å². The smallest absolute Gasteiger partial charge is 0.140 e. The maximum absolute atomic E-state index is 8.34. The Morgan fingerprint density at radius 2 is 2.40 bits per heavy atom. The van der Waals surface area contributed by atoms with Crippen LogP contribution in [0, 0.1) is 11.3 Å². The highest BCUT2D eigenvalue weighted by Gasteiger charge is 1.90. The van der Waals surface area contributed by atoms with E-state index in [9.17, 15) is 0 Å². The van der Waals surface area contributed by atoms with E-state index in [-0.39, 0.29) is 6.54 Å². The molecule has 0 aliphatic heterocycles. The summed E-state index contributed by atoms with van der Waals surface area (Å²) >= 11 is 0. The van der Waals surface area contributed by atoms with Gasteiger partial charge in [-0.3, -0.25) is 5.73 Å². The molecule has 0 saturated carbocycles. The van der Waals surface area contributed by atoms with Crippen LogP contribution in [-0.2, 0) is 6.54 Å². The number of pyridine rings is 1. The number of hydrogen-bond acceptors (Lipinski definition) is 2. The number of hydrogen-bond donors (Lipinski definition) is 0. The van der Waals surface area contributed by atoms with Crippen molar-refractivity contribution in [3.05, 3.63) is 29.6 Å². The molecular weight excluding hydrogens is 126 g/mol. The second kappa shape index (κ2) is 2.95. The van der Waals surface area contributed by atoms with Crippen LogP contribution in [0.2, 0.25) is 0 Å². The van der Waals surface area contributed by atoms with Gasteiger partial charge in [0.25, 0.3) is 0 Å². The predicted molar refractivity (Wildman–Crippen MR) is 35.8 cm³/mol. The molecular formula is C7H6N3. The Morgan fingerprint density at radius 3 is 2.80 bits per heavy atom. The van der Waals surface area contributed by atoms with Gasteiger partial charge in [0, 0.05) is 12.7 Å². The van der Waals surface area contributed by atoms with E-state index in [1.165, 1.54) is 0 Å². The van der Waals surface area contributed by atoms with Gasteiger partial charge in [-0.15, -0.1) is 0 Å². The molecule has 0 spiro atoms. The first kappa shape index (κ1) is 6.72. The van der Waals surface area contributed by atoms with Crippen LogP contribution in [0.3, 0.4) is 0 Å². The van der Waals surface area contributed by atoms with Gasteiger partial charge in [-0.25, -0.2) is 4.98 Å². The predicted octanol–water partition coefficient (Wildman–Crippen LogP) is 0.736. The van der Waals surface area contributed by atoms with E-state index < -0.39 is 0 Å². The molecule has 0 fully saturated rings. The molecule has 3 heteroatoms. The second-order valence-electron chi connectivity index (χ2n) is 1.84. The third-order valence-electron chi connectivity index (χ3n) is 1.14. The number of aromatic nitrogens is 1. The van der Waals surface area contributed by atoms with E-state index in [1.54, 1.807) is 18.3 Å². The molecule has 1 radical (unpaired) electrons. The lowest BCUT2D eigenvalue weighted by Crippen LogP contribution is -1.87. The normalized spacial score (nSPS) is 8.80. The summed E-state index contributed by atoms with van der Waals surface area (Å²) in [6.45, 7) is 0.221. The number of rotatable bonds is 1. The summed E-state index contributed by atoms with van der Waals surface area (Å²) < 4.78 is 0. The molecule has 1 N–H and O–H groups in total. The molecule has 1 heterocycles. The lowest BCUT2D eigenvalue weighted by atomic mass is 10.2. The van der Waals surface area contributed by atoms with Crippen molar-refractivity contribution in [3.8, 4) is 6.07 Å². The molecule has 10 heavy (non-hydrogen) atoms. The second-order valence-corrected chi connectivity index (χ2v) is 1.84. The lowest BCUT2D eigenvalue weighted by molar-refractivity contribution is 1.01. The SMILES string of the molecule is N#Cc1ccc(C[NH])cn1. The highest BCUT2D eigenvalue weighted by Crippen LogP contribution is 1.97. The number of nitriles is 1. The van der Waals surface area contributed by atoms with Crippen LogP contribution >= 0.6 is 0 Å². The highest BCUT2D eigenvalue weighted by atomic mass is 14.7. The summed E-state index contributed by atoms with van der Waals surface area (Å²) in [5.41, 5.74) is 8.18. The van der Waals surface area contributed by atoms with Gasteiger partial charge in [-0.2, -0.15) is 5.26 Å². The van der Waals surface area contributed by atoms with Gasteiger partial charge in [0.1, 0.15) is 11.8 Å². The monoisotopic (exact) mass is 132 g/mol. The maximum atomic E-state index is 8.34. The summed E-state index contributed by atoms with van der Waals surface area (Å²) in [4.78, 5) is 3.79. The van der Waals surface area contributed by atoms with Gasteiger partial charge in [0.2, 0.25) is 0 Å². The minimum absolute atomic E-state index is 0.221. The minimum atomic E-state index is 0.221. The van der Waals surface area contributed by atoms with Crippen LogP contribution in [0.1, 0.15) is 11.3 Å². The van der Waals surface area contributed by atoms with E-state index in [0.717, 1.165) is 5.56 Å². The summed E-state index contributed by atoms with van der Waals surface area (Å²) in [6.07, 6.45) is 1.55. The summed E-state index contributed by atoms with van der Waals surface area (Å²) in [7, 11) is 0. The van der Waals surface area contributed by atoms with Gasteiger partial charge in [0.15, 0.2) is 0 Å². The number of nitrogens with one attached hydrogen (secondary N) is 1. The molecule has 1 aromatic heterocycles. The molecule has 0 aliphatic carbocycles. The van der Waals surface area contributed by atoms with Gasteiger partial charge >= 0.3 is 0 Å². The lowest BCUT2D eigenvalue weighted by Gasteiger charge is -1.91. The van der Waals surface area contributed by atoms with Crippen LogP contribution in [-0.4, -0.2) is 4.98 Å². The zero-order valence-electron chi connectivity index (χ0n) is 5.33. The Kier molecular flexibility index (Phi) is 1.98. The van der Waals surface area contributed by atoms with Crippen LogP contribution in [0.15, 0.2) is 18.3 Å². The van der Waals surface area contributed by atoms with E-state index in [4.69, 9.17) is 11.0 Å². The first-order valence-corrected chi connectivity index (χ1v) is 2.86. The molecule has 0 aliphatic rings. The summed E-state index contributed by atoms with van der Waals surface area (Å²) in [6, 6.07) is 5.26. The Bertz CT molecular complexity index is 245. The van der Waals surface area contributed by atoms with Gasteiger partial charge in [-0.05, 0) is 11.6 Å². The fraction of sp³-hybridized carbons (Fsp3) is 0.143. The first-order valence-electron chi connectivity index (χ1n) is 2.86. The topological polar surface area (TPSA) is 60.5 Å². The molecule has 0 amide bonds. The Labute approximate surface area is 59.1 Å². The fourth-order valence-corrected chi connectivity index (χ4v) is 0.595. The summed E-state index contributed by atoms with van der Waals surface area (Å²) in [5, 5.41) is 8.34. The summed E-state index contributed by atoms with van der Waals surface area (Å²) in [5.74, 6) is 0.